The number of alkyl halides is 3. The Hall–Kier alpha value is -3.13. The van der Waals surface area contributed by atoms with E-state index in [1.807, 2.05) is 30.3 Å². The first-order chi connectivity index (χ1) is 13.3. The lowest BCUT2D eigenvalue weighted by Gasteiger charge is -2.17. The molecule has 2 aromatic carbocycles. The number of aliphatic hydroxyl groups is 1. The lowest BCUT2D eigenvalue weighted by molar-refractivity contribution is -0.139. The molecule has 0 fully saturated rings. The van der Waals surface area contributed by atoms with Gasteiger partial charge in [-0.1, -0.05) is 36.4 Å². The minimum Gasteiger partial charge on any atom is -0.387 e. The van der Waals surface area contributed by atoms with Crippen molar-refractivity contribution in [3.63, 3.8) is 0 Å². The fourth-order valence-electron chi connectivity index (χ4n) is 2.79. The molecule has 0 saturated carbocycles. The van der Waals surface area contributed by atoms with E-state index in [9.17, 15) is 23.1 Å². The van der Waals surface area contributed by atoms with Crippen LogP contribution in [-0.4, -0.2) is 27.3 Å². The van der Waals surface area contributed by atoms with Crippen molar-refractivity contribution in [1.82, 2.24) is 15.1 Å². The van der Waals surface area contributed by atoms with Crippen molar-refractivity contribution in [2.24, 2.45) is 0 Å². The molecule has 3 aromatic rings. The molecule has 1 amide bonds. The van der Waals surface area contributed by atoms with Crippen LogP contribution in [0, 0.1) is 0 Å². The van der Waals surface area contributed by atoms with E-state index in [1.54, 1.807) is 17.1 Å². The molecule has 0 aliphatic heterocycles. The number of nitrogens with zero attached hydrogens (tertiary/aromatic N) is 2. The van der Waals surface area contributed by atoms with Crippen molar-refractivity contribution < 1.29 is 23.1 Å². The monoisotopic (exact) mass is 389 g/mol. The predicted octanol–water partition coefficient (Wildman–Crippen LogP) is 3.28. The average Bonchev–Trinajstić information content (AvgIpc) is 3.14. The van der Waals surface area contributed by atoms with Gasteiger partial charge < -0.3 is 10.4 Å². The summed E-state index contributed by atoms with van der Waals surface area (Å²) in [4.78, 5) is 12.1. The first-order valence-corrected chi connectivity index (χ1v) is 8.54. The topological polar surface area (TPSA) is 67.2 Å². The van der Waals surface area contributed by atoms with Gasteiger partial charge in [0.15, 0.2) is 0 Å². The standard InChI is InChI=1S/C20H18F3N3O2/c21-20(22,23)17-9-5-4-8-16(17)18(27)12-24-19(28)10-14-11-25-26(13-14)15-6-2-1-3-7-15/h1-9,11,13,18,27H,10,12H2,(H,24,28). The van der Waals surface area contributed by atoms with Gasteiger partial charge in [0.1, 0.15) is 0 Å². The lowest BCUT2D eigenvalue weighted by atomic mass is 10.0. The summed E-state index contributed by atoms with van der Waals surface area (Å²) < 4.78 is 40.7. The molecule has 0 bridgehead atoms. The number of hydrogen-bond donors (Lipinski definition) is 2. The number of amides is 1. The van der Waals surface area contributed by atoms with E-state index in [0.717, 1.165) is 11.8 Å². The Bertz CT molecular complexity index is 939. The van der Waals surface area contributed by atoms with Crippen LogP contribution in [0.4, 0.5) is 13.2 Å². The van der Waals surface area contributed by atoms with Crippen molar-refractivity contribution in [1.29, 1.82) is 0 Å². The second-order valence-electron chi connectivity index (χ2n) is 6.21. The second kappa shape index (κ2) is 8.26. The highest BCUT2D eigenvalue weighted by Gasteiger charge is 2.34. The summed E-state index contributed by atoms with van der Waals surface area (Å²) in [7, 11) is 0. The Morgan fingerprint density at radius 3 is 2.50 bits per heavy atom. The zero-order valence-corrected chi connectivity index (χ0v) is 14.7. The predicted molar refractivity (Wildman–Crippen MR) is 96.7 cm³/mol. The van der Waals surface area contributed by atoms with Crippen LogP contribution in [0.15, 0.2) is 67.0 Å². The van der Waals surface area contributed by atoms with E-state index in [4.69, 9.17) is 0 Å². The Morgan fingerprint density at radius 2 is 1.79 bits per heavy atom. The number of aliphatic hydroxyl groups excluding tert-OH is 1. The van der Waals surface area contributed by atoms with Crippen LogP contribution in [0.1, 0.15) is 22.8 Å². The molecule has 0 saturated heterocycles. The van der Waals surface area contributed by atoms with Crippen LogP contribution < -0.4 is 5.32 Å². The molecule has 1 heterocycles. The number of para-hydroxylation sites is 1. The zero-order valence-electron chi connectivity index (χ0n) is 14.7. The van der Waals surface area contributed by atoms with Gasteiger partial charge in [-0.2, -0.15) is 18.3 Å². The Labute approximate surface area is 159 Å². The van der Waals surface area contributed by atoms with Crippen molar-refractivity contribution in [3.8, 4) is 5.69 Å². The molecular weight excluding hydrogens is 371 g/mol. The molecule has 0 aliphatic carbocycles. The maximum Gasteiger partial charge on any atom is 0.416 e. The number of carbonyl (C=O) groups excluding carboxylic acids is 1. The third-order valence-corrected chi connectivity index (χ3v) is 4.14. The molecule has 1 aromatic heterocycles. The third kappa shape index (κ3) is 4.77. The Morgan fingerprint density at radius 1 is 1.11 bits per heavy atom. The van der Waals surface area contributed by atoms with Gasteiger partial charge in [0.2, 0.25) is 5.91 Å². The molecule has 2 N–H and O–H groups in total. The summed E-state index contributed by atoms with van der Waals surface area (Å²) in [5, 5.41) is 16.7. The van der Waals surface area contributed by atoms with Gasteiger partial charge in [-0.15, -0.1) is 0 Å². The fraction of sp³-hybridized carbons (Fsp3) is 0.200. The minimum atomic E-state index is -4.58. The van der Waals surface area contributed by atoms with Crippen LogP contribution in [-0.2, 0) is 17.4 Å². The highest BCUT2D eigenvalue weighted by Crippen LogP contribution is 2.34. The van der Waals surface area contributed by atoms with E-state index < -0.39 is 23.8 Å². The van der Waals surface area contributed by atoms with Gasteiger partial charge in [-0.05, 0) is 29.3 Å². The number of rotatable bonds is 6. The lowest BCUT2D eigenvalue weighted by Crippen LogP contribution is -2.30. The third-order valence-electron chi connectivity index (χ3n) is 4.14. The van der Waals surface area contributed by atoms with Crippen molar-refractivity contribution in [2.75, 3.05) is 6.54 Å². The number of carbonyl (C=O) groups is 1. The summed E-state index contributed by atoms with van der Waals surface area (Å²) in [5.74, 6) is -0.420. The summed E-state index contributed by atoms with van der Waals surface area (Å²) in [6.07, 6.45) is -2.80. The molecule has 3 rings (SSSR count). The Balaban J connectivity index is 1.59. The summed E-state index contributed by atoms with van der Waals surface area (Å²) in [5.41, 5.74) is 0.299. The molecule has 8 heteroatoms. The van der Waals surface area contributed by atoms with Crippen LogP contribution in [0.3, 0.4) is 0 Å². The van der Waals surface area contributed by atoms with Gasteiger partial charge in [-0.25, -0.2) is 4.68 Å². The average molecular weight is 389 g/mol. The quantitative estimate of drug-likeness (QED) is 0.680. The van der Waals surface area contributed by atoms with Crippen molar-refractivity contribution >= 4 is 5.91 Å². The van der Waals surface area contributed by atoms with E-state index in [0.29, 0.717) is 5.56 Å². The van der Waals surface area contributed by atoms with Crippen LogP contribution in [0.2, 0.25) is 0 Å². The highest BCUT2D eigenvalue weighted by atomic mass is 19.4. The summed E-state index contributed by atoms with van der Waals surface area (Å²) in [6, 6.07) is 14.1. The molecule has 146 valence electrons. The van der Waals surface area contributed by atoms with Gasteiger partial charge in [0, 0.05) is 12.7 Å². The van der Waals surface area contributed by atoms with Crippen LogP contribution in [0.25, 0.3) is 5.69 Å². The van der Waals surface area contributed by atoms with Gasteiger partial charge in [-0.3, -0.25) is 4.79 Å². The first-order valence-electron chi connectivity index (χ1n) is 8.54. The molecule has 1 unspecified atom stereocenters. The second-order valence-corrected chi connectivity index (χ2v) is 6.21. The Kier molecular flexibility index (Phi) is 5.79. The molecule has 0 radical (unpaired) electrons. The number of hydrogen-bond acceptors (Lipinski definition) is 3. The molecule has 5 nitrogen and oxygen atoms in total. The highest BCUT2D eigenvalue weighted by molar-refractivity contribution is 5.78. The summed E-state index contributed by atoms with van der Waals surface area (Å²) >= 11 is 0. The zero-order chi connectivity index (χ0) is 20.1. The maximum atomic E-state index is 13.0. The van der Waals surface area contributed by atoms with Gasteiger partial charge >= 0.3 is 6.18 Å². The van der Waals surface area contributed by atoms with Crippen molar-refractivity contribution in [3.05, 3.63) is 83.7 Å². The number of nitrogens with one attached hydrogen (secondary N) is 1. The molecule has 0 aliphatic rings. The smallest absolute Gasteiger partial charge is 0.387 e. The number of aromatic nitrogens is 2. The minimum absolute atomic E-state index is 0.000467. The number of benzene rings is 2. The normalized spacial score (nSPS) is 12.6. The van der Waals surface area contributed by atoms with E-state index in [2.05, 4.69) is 10.4 Å². The van der Waals surface area contributed by atoms with Crippen molar-refractivity contribution in [2.45, 2.75) is 18.7 Å². The maximum absolute atomic E-state index is 13.0. The first kappa shape index (κ1) is 19.6. The van der Waals surface area contributed by atoms with Crippen LogP contribution in [0.5, 0.6) is 0 Å². The van der Waals surface area contributed by atoms with Gasteiger partial charge in [0.05, 0.1) is 30.0 Å². The molecule has 28 heavy (non-hydrogen) atoms. The van der Waals surface area contributed by atoms with E-state index in [1.165, 1.54) is 18.2 Å². The molecule has 1 atom stereocenters. The molecule has 0 spiro atoms. The largest absolute Gasteiger partial charge is 0.416 e. The molecular formula is C20H18F3N3O2. The van der Waals surface area contributed by atoms with E-state index in [-0.39, 0.29) is 18.5 Å². The fourth-order valence-corrected chi connectivity index (χ4v) is 2.79. The van der Waals surface area contributed by atoms with Crippen LogP contribution >= 0.6 is 0 Å². The SMILES string of the molecule is O=C(Cc1cnn(-c2ccccc2)c1)NCC(O)c1ccccc1C(F)(F)F. The van der Waals surface area contributed by atoms with E-state index >= 15 is 0 Å². The summed E-state index contributed by atoms with van der Waals surface area (Å²) in [6.45, 7) is -0.321. The van der Waals surface area contributed by atoms with Gasteiger partial charge in [0.25, 0.3) is 0 Å². The number of halogens is 3.